The smallest absolute Gasteiger partial charge is 0.421 e. The number of anilines is 4. The van der Waals surface area contributed by atoms with E-state index in [4.69, 9.17) is 4.74 Å². The topological polar surface area (TPSA) is 50.3 Å². The zero-order valence-corrected chi connectivity index (χ0v) is 16.1. The van der Waals surface area contributed by atoms with Crippen LogP contribution in [0.3, 0.4) is 0 Å². The number of nitrogens with one attached hydrogen (secondary N) is 1. The molecule has 0 atom stereocenters. The molecule has 0 amide bonds. The number of ether oxygens (including phenoxy) is 1. The largest absolute Gasteiger partial charge is 0.494 e. The van der Waals surface area contributed by atoms with Gasteiger partial charge in [-0.1, -0.05) is 25.1 Å². The van der Waals surface area contributed by atoms with Gasteiger partial charge >= 0.3 is 6.18 Å². The van der Waals surface area contributed by atoms with E-state index in [1.54, 1.807) is 66.5 Å². The second kappa shape index (κ2) is 8.81. The highest BCUT2D eigenvalue weighted by molar-refractivity contribution is 5.64. The lowest BCUT2D eigenvalue weighted by atomic mass is 10.2. The van der Waals surface area contributed by atoms with Gasteiger partial charge in [0.05, 0.1) is 6.61 Å². The first kappa shape index (κ1) is 20.4. The van der Waals surface area contributed by atoms with Gasteiger partial charge in [-0.15, -0.1) is 0 Å². The minimum Gasteiger partial charge on any atom is -0.494 e. The van der Waals surface area contributed by atoms with Gasteiger partial charge < -0.3 is 15.0 Å². The Morgan fingerprint density at radius 3 is 2.34 bits per heavy atom. The fourth-order valence-corrected chi connectivity index (χ4v) is 2.60. The van der Waals surface area contributed by atoms with Crippen molar-refractivity contribution in [3.8, 4) is 5.75 Å². The molecule has 29 heavy (non-hydrogen) atoms. The van der Waals surface area contributed by atoms with Crippen molar-refractivity contribution in [1.29, 1.82) is 0 Å². The van der Waals surface area contributed by atoms with Crippen LogP contribution < -0.4 is 15.0 Å². The molecule has 0 bridgehead atoms. The molecule has 2 aromatic carbocycles. The summed E-state index contributed by atoms with van der Waals surface area (Å²) < 4.78 is 45.8. The van der Waals surface area contributed by atoms with Crippen LogP contribution in [0.2, 0.25) is 0 Å². The van der Waals surface area contributed by atoms with Crippen molar-refractivity contribution in [2.45, 2.75) is 19.5 Å². The van der Waals surface area contributed by atoms with E-state index in [9.17, 15) is 13.2 Å². The summed E-state index contributed by atoms with van der Waals surface area (Å²) in [6.07, 6.45) is -2.88. The Morgan fingerprint density at radius 2 is 1.72 bits per heavy atom. The van der Waals surface area contributed by atoms with Crippen molar-refractivity contribution >= 4 is 23.1 Å². The van der Waals surface area contributed by atoms with E-state index in [1.165, 1.54) is 0 Å². The zero-order valence-electron chi connectivity index (χ0n) is 16.1. The average molecular weight is 402 g/mol. The van der Waals surface area contributed by atoms with Gasteiger partial charge in [0.15, 0.2) is 0 Å². The summed E-state index contributed by atoms with van der Waals surface area (Å²) in [6, 6.07) is 15.8. The lowest BCUT2D eigenvalue weighted by Gasteiger charge is -2.20. The highest BCUT2D eigenvalue weighted by atomic mass is 19.4. The van der Waals surface area contributed by atoms with E-state index >= 15 is 0 Å². The van der Waals surface area contributed by atoms with Crippen LogP contribution in [0.5, 0.6) is 5.75 Å². The molecule has 152 valence electrons. The molecule has 0 aliphatic carbocycles. The third-order valence-corrected chi connectivity index (χ3v) is 4.11. The van der Waals surface area contributed by atoms with Crippen molar-refractivity contribution in [3.63, 3.8) is 0 Å². The lowest BCUT2D eigenvalue weighted by Crippen LogP contribution is -2.17. The Hall–Kier alpha value is -3.29. The normalized spacial score (nSPS) is 11.2. The van der Waals surface area contributed by atoms with Gasteiger partial charge in [-0.25, -0.2) is 4.98 Å². The number of halogens is 3. The third-order valence-electron chi connectivity index (χ3n) is 4.11. The Balaban J connectivity index is 1.90. The van der Waals surface area contributed by atoms with Gasteiger partial charge in [0.2, 0.25) is 5.95 Å². The summed E-state index contributed by atoms with van der Waals surface area (Å²) in [5.41, 5.74) is 0.295. The number of hydrogen-bond donors (Lipinski definition) is 1. The summed E-state index contributed by atoms with van der Waals surface area (Å²) in [7, 11) is 1.69. The summed E-state index contributed by atoms with van der Waals surface area (Å²) in [5, 5.41) is 2.74. The molecule has 0 radical (unpaired) electrons. The maximum atomic E-state index is 13.4. The molecule has 5 nitrogen and oxygen atoms in total. The van der Waals surface area contributed by atoms with E-state index in [0.717, 1.165) is 24.1 Å². The van der Waals surface area contributed by atoms with Crippen LogP contribution in [0.15, 0.2) is 60.8 Å². The molecular formula is C21H21F3N4O. The molecule has 0 saturated heterocycles. The second-order valence-electron chi connectivity index (χ2n) is 6.32. The van der Waals surface area contributed by atoms with E-state index in [-0.39, 0.29) is 11.8 Å². The summed E-state index contributed by atoms with van der Waals surface area (Å²) in [5.74, 6) is 0.561. The molecule has 0 saturated carbocycles. The first-order chi connectivity index (χ1) is 13.9. The minimum absolute atomic E-state index is 0.138. The van der Waals surface area contributed by atoms with E-state index < -0.39 is 11.7 Å². The lowest BCUT2D eigenvalue weighted by molar-refractivity contribution is -0.137. The molecule has 1 aromatic heterocycles. The maximum Gasteiger partial charge on any atom is 0.421 e. The number of alkyl halides is 3. The Bertz CT molecular complexity index is 931. The molecule has 0 aliphatic heterocycles. The predicted octanol–water partition coefficient (Wildman–Crippen LogP) is 5.80. The molecule has 0 fully saturated rings. The molecule has 3 rings (SSSR count). The van der Waals surface area contributed by atoms with Crippen LogP contribution in [-0.2, 0) is 6.18 Å². The number of nitrogens with zero attached hydrogens (tertiary/aromatic N) is 3. The first-order valence-corrected chi connectivity index (χ1v) is 9.11. The Morgan fingerprint density at radius 1 is 1.03 bits per heavy atom. The standard InChI is InChI=1S/C21H21F3N4O/c1-3-13-29-17-11-9-16(10-12-17)28(2)20-25-14-18(21(22,23)24)19(27-20)26-15-7-5-4-6-8-15/h4-12,14H,3,13H2,1-2H3,(H,25,26,27). The summed E-state index contributed by atoms with van der Waals surface area (Å²) in [4.78, 5) is 9.67. The molecule has 1 heterocycles. The highest BCUT2D eigenvalue weighted by Crippen LogP contribution is 2.36. The zero-order chi connectivity index (χ0) is 20.9. The van der Waals surface area contributed by atoms with Crippen LogP contribution in [0, 0.1) is 0 Å². The molecule has 0 unspecified atom stereocenters. The highest BCUT2D eigenvalue weighted by Gasteiger charge is 2.35. The van der Waals surface area contributed by atoms with Crippen LogP contribution in [0.1, 0.15) is 18.9 Å². The number of benzene rings is 2. The van der Waals surface area contributed by atoms with Crippen molar-refractivity contribution < 1.29 is 17.9 Å². The summed E-state index contributed by atoms with van der Waals surface area (Å²) in [6.45, 7) is 2.64. The molecule has 0 spiro atoms. The Labute approximate surface area is 167 Å². The average Bonchev–Trinajstić information content (AvgIpc) is 2.72. The summed E-state index contributed by atoms with van der Waals surface area (Å²) >= 11 is 0. The minimum atomic E-state index is -4.58. The molecular weight excluding hydrogens is 381 g/mol. The van der Waals surface area contributed by atoms with Gasteiger partial charge in [-0.3, -0.25) is 0 Å². The van der Waals surface area contributed by atoms with E-state index in [0.29, 0.717) is 12.3 Å². The van der Waals surface area contributed by atoms with Gasteiger partial charge in [-0.2, -0.15) is 18.2 Å². The van der Waals surface area contributed by atoms with Crippen molar-refractivity contribution in [2.75, 3.05) is 23.9 Å². The first-order valence-electron chi connectivity index (χ1n) is 9.11. The molecule has 3 aromatic rings. The van der Waals surface area contributed by atoms with E-state index in [2.05, 4.69) is 15.3 Å². The van der Waals surface area contributed by atoms with Gasteiger partial charge in [-0.05, 0) is 42.8 Å². The van der Waals surface area contributed by atoms with Crippen LogP contribution >= 0.6 is 0 Å². The van der Waals surface area contributed by atoms with Gasteiger partial charge in [0.25, 0.3) is 0 Å². The number of rotatable bonds is 7. The number of para-hydroxylation sites is 1. The number of aromatic nitrogens is 2. The second-order valence-corrected chi connectivity index (χ2v) is 6.32. The van der Waals surface area contributed by atoms with E-state index in [1.807, 2.05) is 6.92 Å². The predicted molar refractivity (Wildman–Crippen MR) is 107 cm³/mol. The Kier molecular flexibility index (Phi) is 6.21. The molecule has 1 N–H and O–H groups in total. The maximum absolute atomic E-state index is 13.4. The van der Waals surface area contributed by atoms with Crippen molar-refractivity contribution in [3.05, 3.63) is 66.4 Å². The van der Waals surface area contributed by atoms with Crippen LogP contribution in [0.4, 0.5) is 36.3 Å². The van der Waals surface area contributed by atoms with Crippen molar-refractivity contribution in [2.24, 2.45) is 0 Å². The molecule has 8 heteroatoms. The van der Waals surface area contributed by atoms with Gasteiger partial charge in [0, 0.05) is 24.6 Å². The molecule has 0 aliphatic rings. The van der Waals surface area contributed by atoms with Crippen molar-refractivity contribution in [1.82, 2.24) is 9.97 Å². The fourth-order valence-electron chi connectivity index (χ4n) is 2.60. The third kappa shape index (κ3) is 5.16. The SMILES string of the molecule is CCCOc1ccc(N(C)c2ncc(C(F)(F)F)c(Nc3ccccc3)n2)cc1. The quantitative estimate of drug-likeness (QED) is 0.542. The monoisotopic (exact) mass is 402 g/mol. The van der Waals surface area contributed by atoms with Gasteiger partial charge in [0.1, 0.15) is 17.1 Å². The fraction of sp³-hybridized carbons (Fsp3) is 0.238. The number of hydrogen-bond acceptors (Lipinski definition) is 5. The van der Waals surface area contributed by atoms with Crippen LogP contribution in [-0.4, -0.2) is 23.6 Å². The van der Waals surface area contributed by atoms with Crippen LogP contribution in [0.25, 0.3) is 0 Å².